The van der Waals surface area contributed by atoms with Crippen LogP contribution in [0.15, 0.2) is 39.9 Å². The summed E-state index contributed by atoms with van der Waals surface area (Å²) in [6.07, 6.45) is 0.469. The van der Waals surface area contributed by atoms with Crippen molar-refractivity contribution in [2.24, 2.45) is 0 Å². The number of benzene rings is 1. The molecule has 1 atom stereocenters. The van der Waals surface area contributed by atoms with Crippen molar-refractivity contribution < 1.29 is 13.2 Å². The van der Waals surface area contributed by atoms with Crippen LogP contribution in [-0.4, -0.2) is 26.9 Å². The van der Waals surface area contributed by atoms with Crippen LogP contribution in [0.1, 0.15) is 17.5 Å². The molecule has 1 saturated heterocycles. The average molecular weight is 350 g/mol. The molecule has 1 aliphatic rings. The van der Waals surface area contributed by atoms with Gasteiger partial charge in [-0.15, -0.1) is 11.3 Å². The van der Waals surface area contributed by atoms with Gasteiger partial charge in [0.05, 0.1) is 0 Å². The van der Waals surface area contributed by atoms with E-state index in [2.05, 4.69) is 4.72 Å². The van der Waals surface area contributed by atoms with Crippen molar-refractivity contribution in [3.63, 3.8) is 0 Å². The molecule has 1 amide bonds. The molecule has 122 valence electrons. The number of amides is 1. The Bertz CT molecular complexity index is 829. The van der Waals surface area contributed by atoms with Crippen LogP contribution in [0.3, 0.4) is 0 Å². The number of carbonyl (C=O) groups excluding carboxylic acids is 1. The van der Waals surface area contributed by atoms with E-state index >= 15 is 0 Å². The minimum absolute atomic E-state index is 0.201. The Hall–Kier alpha value is -1.70. The second-order valence-electron chi connectivity index (χ2n) is 5.65. The predicted octanol–water partition coefficient (Wildman–Crippen LogP) is 2.45. The molecule has 1 fully saturated rings. The predicted molar refractivity (Wildman–Crippen MR) is 91.3 cm³/mol. The SMILES string of the molecule is Cc1ccc(N2CC[C@H](NS(=O)(=O)c3cccs3)C2=O)cc1C. The summed E-state index contributed by atoms with van der Waals surface area (Å²) < 4.78 is 27.3. The fourth-order valence-corrected chi connectivity index (χ4v) is 4.83. The van der Waals surface area contributed by atoms with Gasteiger partial charge in [0.25, 0.3) is 10.0 Å². The molecule has 3 rings (SSSR count). The van der Waals surface area contributed by atoms with E-state index in [0.717, 1.165) is 28.2 Å². The summed E-state index contributed by atoms with van der Waals surface area (Å²) in [6, 6.07) is 8.34. The summed E-state index contributed by atoms with van der Waals surface area (Å²) in [5.41, 5.74) is 3.09. The summed E-state index contributed by atoms with van der Waals surface area (Å²) in [6.45, 7) is 4.53. The number of nitrogens with one attached hydrogen (secondary N) is 1. The Morgan fingerprint density at radius 1 is 1.22 bits per heavy atom. The van der Waals surface area contributed by atoms with Crippen LogP contribution in [-0.2, 0) is 14.8 Å². The first kappa shape index (κ1) is 16.2. The summed E-state index contributed by atoms with van der Waals surface area (Å²) in [7, 11) is -3.63. The van der Waals surface area contributed by atoms with Gasteiger partial charge in [-0.05, 0) is 55.0 Å². The van der Waals surface area contributed by atoms with Gasteiger partial charge in [0.15, 0.2) is 0 Å². The highest BCUT2D eigenvalue weighted by Crippen LogP contribution is 2.25. The molecule has 7 heteroatoms. The van der Waals surface area contributed by atoms with E-state index in [0.29, 0.717) is 13.0 Å². The lowest BCUT2D eigenvalue weighted by molar-refractivity contribution is -0.118. The lowest BCUT2D eigenvalue weighted by Crippen LogP contribution is -2.41. The first-order chi connectivity index (χ1) is 10.9. The number of anilines is 1. The van der Waals surface area contributed by atoms with Crippen molar-refractivity contribution in [2.75, 3.05) is 11.4 Å². The summed E-state index contributed by atoms with van der Waals surface area (Å²) >= 11 is 1.14. The molecule has 1 N–H and O–H groups in total. The fourth-order valence-electron chi connectivity index (χ4n) is 2.60. The summed E-state index contributed by atoms with van der Waals surface area (Å²) in [4.78, 5) is 14.2. The quantitative estimate of drug-likeness (QED) is 0.921. The van der Waals surface area contributed by atoms with Gasteiger partial charge in [-0.25, -0.2) is 8.42 Å². The van der Waals surface area contributed by atoms with Crippen molar-refractivity contribution in [3.8, 4) is 0 Å². The molecule has 0 aliphatic carbocycles. The number of sulfonamides is 1. The van der Waals surface area contributed by atoms with Crippen molar-refractivity contribution in [3.05, 3.63) is 46.8 Å². The molecule has 23 heavy (non-hydrogen) atoms. The van der Waals surface area contributed by atoms with E-state index in [1.54, 1.807) is 16.3 Å². The maximum atomic E-state index is 12.6. The summed E-state index contributed by atoms with van der Waals surface area (Å²) in [5, 5.41) is 1.70. The molecule has 5 nitrogen and oxygen atoms in total. The van der Waals surface area contributed by atoms with Gasteiger partial charge in [-0.2, -0.15) is 4.72 Å². The van der Waals surface area contributed by atoms with E-state index in [-0.39, 0.29) is 10.1 Å². The Balaban J connectivity index is 1.78. The monoisotopic (exact) mass is 350 g/mol. The van der Waals surface area contributed by atoms with Crippen LogP contribution in [0, 0.1) is 13.8 Å². The van der Waals surface area contributed by atoms with Crippen molar-refractivity contribution >= 4 is 33.0 Å². The van der Waals surface area contributed by atoms with Gasteiger partial charge < -0.3 is 4.90 Å². The van der Waals surface area contributed by atoms with Gasteiger partial charge in [0, 0.05) is 12.2 Å². The van der Waals surface area contributed by atoms with Gasteiger partial charge in [0.2, 0.25) is 5.91 Å². The summed E-state index contributed by atoms with van der Waals surface area (Å²) in [5.74, 6) is -0.201. The highest BCUT2D eigenvalue weighted by molar-refractivity contribution is 7.91. The number of hydrogen-bond donors (Lipinski definition) is 1. The van der Waals surface area contributed by atoms with Gasteiger partial charge in [-0.3, -0.25) is 4.79 Å². The standard InChI is InChI=1S/C16H18N2O3S2/c1-11-5-6-13(10-12(11)2)18-8-7-14(16(18)19)17-23(20,21)15-4-3-9-22-15/h3-6,9-10,14,17H,7-8H2,1-2H3/t14-/m0/s1. The molecule has 1 aromatic heterocycles. The van der Waals surface area contributed by atoms with Gasteiger partial charge in [-0.1, -0.05) is 12.1 Å². The molecule has 0 bridgehead atoms. The zero-order valence-electron chi connectivity index (χ0n) is 12.9. The first-order valence-corrected chi connectivity index (χ1v) is 9.69. The molecule has 0 saturated carbocycles. The van der Waals surface area contributed by atoms with Gasteiger partial charge in [0.1, 0.15) is 10.3 Å². The van der Waals surface area contributed by atoms with Gasteiger partial charge >= 0.3 is 0 Å². The van der Waals surface area contributed by atoms with E-state index in [1.165, 1.54) is 6.07 Å². The highest BCUT2D eigenvalue weighted by atomic mass is 32.2. The smallest absolute Gasteiger partial charge is 0.250 e. The molecule has 2 aromatic rings. The molecular formula is C16H18N2O3S2. The Morgan fingerprint density at radius 3 is 2.65 bits per heavy atom. The Labute approximate surface area is 140 Å². The number of rotatable bonds is 4. The number of aryl methyl sites for hydroxylation is 2. The third-order valence-electron chi connectivity index (χ3n) is 4.07. The minimum Gasteiger partial charge on any atom is -0.311 e. The number of nitrogens with zero attached hydrogens (tertiary/aromatic N) is 1. The lowest BCUT2D eigenvalue weighted by Gasteiger charge is -2.18. The normalized spacial score (nSPS) is 18.6. The van der Waals surface area contributed by atoms with Crippen LogP contribution < -0.4 is 9.62 Å². The third kappa shape index (κ3) is 3.17. The van der Waals surface area contributed by atoms with Crippen molar-refractivity contribution in [1.82, 2.24) is 4.72 Å². The lowest BCUT2D eigenvalue weighted by atomic mass is 10.1. The second kappa shape index (κ2) is 6.07. The van der Waals surface area contributed by atoms with E-state index in [9.17, 15) is 13.2 Å². The Morgan fingerprint density at radius 2 is 2.00 bits per heavy atom. The molecule has 1 aromatic carbocycles. The largest absolute Gasteiger partial charge is 0.311 e. The van der Waals surface area contributed by atoms with Crippen LogP contribution >= 0.6 is 11.3 Å². The molecular weight excluding hydrogens is 332 g/mol. The molecule has 1 aliphatic heterocycles. The van der Waals surface area contributed by atoms with Crippen LogP contribution in [0.25, 0.3) is 0 Å². The highest BCUT2D eigenvalue weighted by Gasteiger charge is 2.35. The second-order valence-corrected chi connectivity index (χ2v) is 8.54. The van der Waals surface area contributed by atoms with Crippen LogP contribution in [0.2, 0.25) is 0 Å². The van der Waals surface area contributed by atoms with Crippen molar-refractivity contribution in [2.45, 2.75) is 30.5 Å². The fraction of sp³-hybridized carbons (Fsp3) is 0.312. The molecule has 0 radical (unpaired) electrons. The maximum absolute atomic E-state index is 12.6. The van der Waals surface area contributed by atoms with E-state index in [1.807, 2.05) is 32.0 Å². The first-order valence-electron chi connectivity index (χ1n) is 7.33. The number of carbonyl (C=O) groups is 1. The molecule has 0 spiro atoms. The average Bonchev–Trinajstić information content (AvgIpc) is 3.14. The zero-order valence-corrected chi connectivity index (χ0v) is 14.6. The minimum atomic E-state index is -3.63. The van der Waals surface area contributed by atoms with Crippen molar-refractivity contribution in [1.29, 1.82) is 0 Å². The van der Waals surface area contributed by atoms with Crippen LogP contribution in [0.4, 0.5) is 5.69 Å². The molecule has 2 heterocycles. The Kier molecular flexibility index (Phi) is 4.27. The number of thiophene rings is 1. The van der Waals surface area contributed by atoms with E-state index < -0.39 is 16.1 Å². The van der Waals surface area contributed by atoms with Crippen LogP contribution in [0.5, 0.6) is 0 Å². The third-order valence-corrected chi connectivity index (χ3v) is 6.93. The zero-order chi connectivity index (χ0) is 16.6. The van der Waals surface area contributed by atoms with E-state index in [4.69, 9.17) is 0 Å². The molecule has 0 unspecified atom stereocenters. The number of hydrogen-bond acceptors (Lipinski definition) is 4. The maximum Gasteiger partial charge on any atom is 0.250 e. The topological polar surface area (TPSA) is 66.5 Å².